The van der Waals surface area contributed by atoms with Gasteiger partial charge in [-0.1, -0.05) is 38.1 Å². The van der Waals surface area contributed by atoms with Crippen LogP contribution in [-0.4, -0.2) is 11.1 Å². The minimum absolute atomic E-state index is 0.184. The molecule has 0 amide bonds. The summed E-state index contributed by atoms with van der Waals surface area (Å²) >= 11 is 0. The smallest absolute Gasteiger partial charge is 0.0379 e. The van der Waals surface area contributed by atoms with Crippen molar-refractivity contribution in [1.29, 1.82) is 0 Å². The van der Waals surface area contributed by atoms with Gasteiger partial charge >= 0.3 is 0 Å². The first-order chi connectivity index (χ1) is 12.6. The lowest BCUT2D eigenvalue weighted by atomic mass is 9.80. The van der Waals surface area contributed by atoms with Gasteiger partial charge in [0.15, 0.2) is 0 Å². The third-order valence-corrected chi connectivity index (χ3v) is 6.28. The number of nitrogens with one attached hydrogen (secondary N) is 2. The van der Waals surface area contributed by atoms with Gasteiger partial charge in [0.2, 0.25) is 0 Å². The predicted octanol–water partition coefficient (Wildman–Crippen LogP) is 6.67. The van der Waals surface area contributed by atoms with E-state index in [4.69, 9.17) is 0 Å². The fourth-order valence-corrected chi connectivity index (χ4v) is 5.31. The molecule has 2 aromatic rings. The Labute approximate surface area is 164 Å². The van der Waals surface area contributed by atoms with Crippen LogP contribution >= 0.6 is 0 Å². The van der Waals surface area contributed by atoms with Gasteiger partial charge < -0.3 is 10.6 Å². The van der Waals surface area contributed by atoms with Crippen LogP contribution in [0.15, 0.2) is 36.4 Å². The molecule has 0 radical (unpaired) electrons. The molecule has 0 unspecified atom stereocenters. The lowest BCUT2D eigenvalue weighted by Crippen LogP contribution is -2.36. The summed E-state index contributed by atoms with van der Waals surface area (Å²) in [6.07, 6.45) is 3.37. The van der Waals surface area contributed by atoms with E-state index < -0.39 is 0 Å². The van der Waals surface area contributed by atoms with Crippen molar-refractivity contribution in [2.45, 2.75) is 83.7 Å². The highest BCUT2D eigenvalue weighted by Gasteiger charge is 2.30. The number of hydrogen-bond acceptors (Lipinski definition) is 2. The Morgan fingerprint density at radius 2 is 1.15 bits per heavy atom. The second-order valence-corrected chi connectivity index (χ2v) is 10.2. The fraction of sp³-hybridized carbons (Fsp3) is 0.520. The Bertz CT molecular complexity index is 791. The molecular weight excluding hydrogens is 328 g/mol. The molecular formula is C25H34N2. The van der Waals surface area contributed by atoms with Crippen molar-refractivity contribution >= 4 is 11.4 Å². The van der Waals surface area contributed by atoms with E-state index in [0.717, 1.165) is 6.42 Å². The van der Waals surface area contributed by atoms with E-state index in [0.29, 0.717) is 11.8 Å². The second kappa shape index (κ2) is 6.29. The molecule has 0 spiro atoms. The number of anilines is 2. The van der Waals surface area contributed by atoms with E-state index in [1.807, 2.05) is 0 Å². The molecule has 0 aromatic heterocycles. The molecule has 2 N–H and O–H groups in total. The summed E-state index contributed by atoms with van der Waals surface area (Å²) in [4.78, 5) is 0. The maximum atomic E-state index is 3.70. The van der Waals surface area contributed by atoms with Gasteiger partial charge in [-0.2, -0.15) is 0 Å². The van der Waals surface area contributed by atoms with Gasteiger partial charge in [0.25, 0.3) is 0 Å². The molecule has 0 bridgehead atoms. The number of hydrogen-bond donors (Lipinski definition) is 2. The first kappa shape index (κ1) is 18.4. The zero-order chi connectivity index (χ0) is 19.4. The summed E-state index contributed by atoms with van der Waals surface area (Å²) in [6, 6.07) is 14.0. The molecule has 0 saturated carbocycles. The number of benzene rings is 2. The van der Waals surface area contributed by atoms with Gasteiger partial charge in [-0.15, -0.1) is 0 Å². The summed E-state index contributed by atoms with van der Waals surface area (Å²) in [7, 11) is 0. The van der Waals surface area contributed by atoms with E-state index in [1.54, 1.807) is 0 Å². The van der Waals surface area contributed by atoms with Crippen LogP contribution in [-0.2, 0) is 6.42 Å². The van der Waals surface area contributed by atoms with E-state index in [9.17, 15) is 0 Å². The van der Waals surface area contributed by atoms with Crippen LogP contribution in [0, 0.1) is 0 Å². The van der Waals surface area contributed by atoms with Crippen LogP contribution < -0.4 is 10.6 Å². The fourth-order valence-electron chi connectivity index (χ4n) is 5.31. The third kappa shape index (κ3) is 3.72. The maximum Gasteiger partial charge on any atom is 0.0379 e. The van der Waals surface area contributed by atoms with Crippen LogP contribution in [0.2, 0.25) is 0 Å². The highest BCUT2D eigenvalue weighted by atomic mass is 15.0. The van der Waals surface area contributed by atoms with Crippen molar-refractivity contribution in [1.82, 2.24) is 0 Å². The molecule has 27 heavy (non-hydrogen) atoms. The average Bonchev–Trinajstić information content (AvgIpc) is 2.54. The van der Waals surface area contributed by atoms with E-state index in [1.165, 1.54) is 46.5 Å². The highest BCUT2D eigenvalue weighted by molar-refractivity contribution is 5.60. The molecule has 0 fully saturated rings. The average molecular weight is 363 g/mol. The molecule has 2 heteroatoms. The van der Waals surface area contributed by atoms with Crippen molar-refractivity contribution in [3.8, 4) is 0 Å². The number of fused-ring (bicyclic) bond motifs is 2. The Balaban J connectivity index is 1.59. The Morgan fingerprint density at radius 3 is 1.56 bits per heavy atom. The summed E-state index contributed by atoms with van der Waals surface area (Å²) in [6.45, 7) is 13.9. The van der Waals surface area contributed by atoms with Crippen LogP contribution in [0.25, 0.3) is 0 Å². The van der Waals surface area contributed by atoms with Crippen LogP contribution in [0.1, 0.15) is 88.5 Å². The Morgan fingerprint density at radius 1 is 0.741 bits per heavy atom. The lowest BCUT2D eigenvalue weighted by Gasteiger charge is -2.38. The molecule has 2 aromatic carbocycles. The summed E-state index contributed by atoms with van der Waals surface area (Å²) in [5.74, 6) is 1.21. The van der Waals surface area contributed by atoms with E-state index in [2.05, 4.69) is 88.6 Å². The minimum Gasteiger partial charge on any atom is -0.380 e. The predicted molar refractivity (Wildman–Crippen MR) is 117 cm³/mol. The highest BCUT2D eigenvalue weighted by Crippen LogP contribution is 2.41. The first-order valence-corrected chi connectivity index (χ1v) is 10.4. The summed E-state index contributed by atoms with van der Waals surface area (Å²) in [5.41, 5.74) is 8.77. The van der Waals surface area contributed by atoms with Crippen molar-refractivity contribution in [3.05, 3.63) is 58.7 Å². The molecule has 0 saturated heterocycles. The van der Waals surface area contributed by atoms with Gasteiger partial charge in [0.05, 0.1) is 0 Å². The Hall–Kier alpha value is -1.96. The monoisotopic (exact) mass is 362 g/mol. The second-order valence-electron chi connectivity index (χ2n) is 10.2. The normalized spacial score (nSPS) is 25.0. The maximum absolute atomic E-state index is 3.70. The zero-order valence-electron chi connectivity index (χ0n) is 17.7. The standard InChI is InChI=1S/C25H34N2/c1-16-14-24(3,4)26-22-9-7-18(12-20(16)22)11-19-8-10-23-21(13-19)17(2)15-25(5,6)27-23/h7-10,12-13,16-17,26-27H,11,14-15H2,1-6H3/t16-,17-/m1/s1. The van der Waals surface area contributed by atoms with E-state index in [-0.39, 0.29) is 11.1 Å². The van der Waals surface area contributed by atoms with Crippen molar-refractivity contribution < 1.29 is 0 Å². The van der Waals surface area contributed by atoms with Gasteiger partial charge in [-0.25, -0.2) is 0 Å². The van der Waals surface area contributed by atoms with Gasteiger partial charge in [-0.3, -0.25) is 0 Å². The lowest BCUT2D eigenvalue weighted by molar-refractivity contribution is 0.454. The molecule has 2 aliphatic heterocycles. The Kier molecular flexibility index (Phi) is 4.29. The van der Waals surface area contributed by atoms with Gasteiger partial charge in [-0.05, 0) is 93.2 Å². The SMILES string of the molecule is C[C@@H]1CC(C)(C)Nc2ccc(Cc3ccc4c(c3)[C@H](C)CC(C)(C)N4)cc21. The quantitative estimate of drug-likeness (QED) is 0.623. The molecule has 2 atom stereocenters. The number of rotatable bonds is 2. The van der Waals surface area contributed by atoms with Gasteiger partial charge in [0, 0.05) is 22.5 Å². The van der Waals surface area contributed by atoms with Crippen molar-refractivity contribution in [3.63, 3.8) is 0 Å². The van der Waals surface area contributed by atoms with Gasteiger partial charge in [0.1, 0.15) is 0 Å². The largest absolute Gasteiger partial charge is 0.380 e. The van der Waals surface area contributed by atoms with E-state index >= 15 is 0 Å². The molecule has 0 aliphatic carbocycles. The zero-order valence-corrected chi connectivity index (χ0v) is 17.7. The molecule has 2 heterocycles. The van der Waals surface area contributed by atoms with Crippen molar-refractivity contribution in [2.75, 3.05) is 10.6 Å². The minimum atomic E-state index is 0.184. The topological polar surface area (TPSA) is 24.1 Å². The third-order valence-electron chi connectivity index (χ3n) is 6.28. The molecule has 144 valence electrons. The molecule has 2 aliphatic rings. The van der Waals surface area contributed by atoms with Crippen molar-refractivity contribution in [2.24, 2.45) is 0 Å². The molecule has 4 rings (SSSR count). The first-order valence-electron chi connectivity index (χ1n) is 10.4. The van der Waals surface area contributed by atoms with Crippen LogP contribution in [0.5, 0.6) is 0 Å². The summed E-state index contributed by atoms with van der Waals surface area (Å²) < 4.78 is 0. The molecule has 2 nitrogen and oxygen atoms in total. The summed E-state index contributed by atoms with van der Waals surface area (Å²) in [5, 5.41) is 7.41. The van der Waals surface area contributed by atoms with Crippen LogP contribution in [0.4, 0.5) is 11.4 Å². The van der Waals surface area contributed by atoms with Crippen LogP contribution in [0.3, 0.4) is 0 Å².